The molecule has 1 saturated heterocycles. The minimum atomic E-state index is -3.98. The maximum Gasteiger partial charge on any atom is 0.393 e. The topological polar surface area (TPSA) is 3.24 Å². The lowest BCUT2D eigenvalue weighted by atomic mass is 10.1. The Hall–Kier alpha value is -0.250. The number of nitrogens with zero attached hydrogens (tertiary/aromatic N) is 1. The van der Waals surface area contributed by atoms with Crippen molar-refractivity contribution in [3.63, 3.8) is 0 Å². The second-order valence-electron chi connectivity index (χ2n) is 2.79. The van der Waals surface area contributed by atoms with Crippen molar-refractivity contribution in [2.45, 2.75) is 12.6 Å². The fraction of sp³-hybridized carbons (Fsp3) is 1.00. The van der Waals surface area contributed by atoms with Crippen LogP contribution in [0, 0.1) is 5.92 Å². The number of rotatable bonds is 0. The van der Waals surface area contributed by atoms with Gasteiger partial charge in [0.05, 0.1) is 5.92 Å². The first-order valence-electron chi connectivity index (χ1n) is 3.25. The second-order valence-corrected chi connectivity index (χ2v) is 2.79. The molecule has 1 heterocycles. The van der Waals surface area contributed by atoms with Gasteiger partial charge in [-0.05, 0) is 20.0 Å². The lowest BCUT2D eigenvalue weighted by Gasteiger charge is -2.13. The van der Waals surface area contributed by atoms with Crippen LogP contribution in [0.15, 0.2) is 0 Å². The van der Waals surface area contributed by atoms with Crippen molar-refractivity contribution in [1.82, 2.24) is 4.90 Å². The number of hydrogen-bond donors (Lipinski definition) is 0. The molecule has 1 nitrogen and oxygen atoms in total. The minimum absolute atomic E-state index is 0.170. The molecule has 0 spiro atoms. The lowest BCUT2D eigenvalue weighted by Crippen LogP contribution is -2.25. The molecule has 0 aromatic rings. The van der Waals surface area contributed by atoms with Crippen LogP contribution < -0.4 is 0 Å². The fourth-order valence-corrected chi connectivity index (χ4v) is 1.20. The first-order valence-corrected chi connectivity index (χ1v) is 3.25. The predicted octanol–water partition coefficient (Wildman–Crippen LogP) is 1.50. The van der Waals surface area contributed by atoms with Crippen LogP contribution in [0.2, 0.25) is 0 Å². The van der Waals surface area contributed by atoms with E-state index in [9.17, 15) is 13.2 Å². The molecule has 4 heteroatoms. The van der Waals surface area contributed by atoms with E-state index in [1.165, 1.54) is 0 Å². The van der Waals surface area contributed by atoms with E-state index in [0.717, 1.165) is 0 Å². The van der Waals surface area contributed by atoms with E-state index in [2.05, 4.69) is 0 Å². The van der Waals surface area contributed by atoms with Crippen molar-refractivity contribution < 1.29 is 13.2 Å². The minimum Gasteiger partial charge on any atom is -0.306 e. The number of alkyl halides is 3. The Morgan fingerprint density at radius 3 is 2.20 bits per heavy atom. The molecule has 0 aromatic carbocycles. The molecule has 0 aromatic heterocycles. The van der Waals surface area contributed by atoms with E-state index >= 15 is 0 Å². The second kappa shape index (κ2) is 2.42. The number of hydrogen-bond acceptors (Lipinski definition) is 1. The smallest absolute Gasteiger partial charge is 0.306 e. The summed E-state index contributed by atoms with van der Waals surface area (Å²) >= 11 is 0. The zero-order valence-corrected chi connectivity index (χ0v) is 5.78. The highest BCUT2D eigenvalue weighted by molar-refractivity contribution is 4.78. The van der Waals surface area contributed by atoms with Gasteiger partial charge in [0.1, 0.15) is 0 Å². The van der Waals surface area contributed by atoms with Crippen LogP contribution in [0.4, 0.5) is 13.2 Å². The van der Waals surface area contributed by atoms with E-state index in [1.807, 2.05) is 0 Å². The summed E-state index contributed by atoms with van der Waals surface area (Å²) in [6, 6.07) is 0. The van der Waals surface area contributed by atoms with E-state index in [-0.39, 0.29) is 13.0 Å². The highest BCUT2D eigenvalue weighted by atomic mass is 19.4. The van der Waals surface area contributed by atoms with Crippen molar-refractivity contribution in [3.05, 3.63) is 0 Å². The Morgan fingerprint density at radius 1 is 1.40 bits per heavy atom. The van der Waals surface area contributed by atoms with Crippen LogP contribution in [-0.4, -0.2) is 31.2 Å². The molecule has 0 unspecified atom stereocenters. The van der Waals surface area contributed by atoms with Gasteiger partial charge in [-0.1, -0.05) is 0 Å². The van der Waals surface area contributed by atoms with E-state index in [1.54, 1.807) is 11.9 Å². The van der Waals surface area contributed by atoms with Gasteiger partial charge in [-0.3, -0.25) is 0 Å². The molecule has 0 aliphatic carbocycles. The molecule has 0 N–H and O–H groups in total. The molecule has 0 bridgehead atoms. The Morgan fingerprint density at radius 2 is 2.00 bits per heavy atom. The molecule has 1 fully saturated rings. The Balaban J connectivity index is 2.45. The lowest BCUT2D eigenvalue weighted by molar-refractivity contribution is -0.170. The molecule has 1 aliphatic heterocycles. The molecule has 10 heavy (non-hydrogen) atoms. The van der Waals surface area contributed by atoms with Crippen LogP contribution in [0.1, 0.15) is 6.42 Å². The van der Waals surface area contributed by atoms with Gasteiger partial charge in [0, 0.05) is 6.54 Å². The van der Waals surface area contributed by atoms with Crippen molar-refractivity contribution in [2.75, 3.05) is 20.1 Å². The Labute approximate surface area is 57.8 Å². The molecule has 0 saturated carbocycles. The molecular weight excluding hydrogens is 143 g/mol. The average Bonchev–Trinajstić information content (AvgIpc) is 2.11. The highest BCUT2D eigenvalue weighted by Gasteiger charge is 2.42. The van der Waals surface area contributed by atoms with Crippen molar-refractivity contribution in [1.29, 1.82) is 0 Å². The summed E-state index contributed by atoms with van der Waals surface area (Å²) < 4.78 is 35.7. The molecule has 1 aliphatic rings. The van der Waals surface area contributed by atoms with Gasteiger partial charge < -0.3 is 4.90 Å². The quantitative estimate of drug-likeness (QED) is 0.509. The van der Waals surface area contributed by atoms with Gasteiger partial charge >= 0.3 is 6.18 Å². The van der Waals surface area contributed by atoms with Crippen molar-refractivity contribution in [3.8, 4) is 0 Å². The molecule has 0 radical (unpaired) electrons. The van der Waals surface area contributed by atoms with Gasteiger partial charge in [-0.15, -0.1) is 0 Å². The normalized spacial score (nSPS) is 29.4. The van der Waals surface area contributed by atoms with E-state index < -0.39 is 12.1 Å². The summed E-state index contributed by atoms with van der Waals surface area (Å²) in [4.78, 5) is 1.71. The van der Waals surface area contributed by atoms with Crippen molar-refractivity contribution in [2.24, 2.45) is 5.92 Å². The van der Waals surface area contributed by atoms with Crippen LogP contribution >= 0.6 is 0 Å². The van der Waals surface area contributed by atoms with Gasteiger partial charge in [-0.25, -0.2) is 0 Å². The predicted molar refractivity (Wildman–Crippen MR) is 31.7 cm³/mol. The van der Waals surface area contributed by atoms with Gasteiger partial charge in [0.25, 0.3) is 0 Å². The summed E-state index contributed by atoms with van der Waals surface area (Å²) in [7, 11) is 1.71. The molecule has 1 atom stereocenters. The third-order valence-electron chi connectivity index (χ3n) is 1.85. The Kier molecular flexibility index (Phi) is 1.90. The van der Waals surface area contributed by atoms with Crippen LogP contribution in [-0.2, 0) is 0 Å². The molecular formula is C6H10F3N. The van der Waals surface area contributed by atoms with Crippen molar-refractivity contribution >= 4 is 0 Å². The third-order valence-corrected chi connectivity index (χ3v) is 1.85. The van der Waals surface area contributed by atoms with Crippen LogP contribution in [0.25, 0.3) is 0 Å². The highest BCUT2D eigenvalue weighted by Crippen LogP contribution is 2.32. The number of likely N-dealkylation sites (tertiary alicyclic amines) is 1. The Bertz CT molecular complexity index is 121. The van der Waals surface area contributed by atoms with Gasteiger partial charge in [0.15, 0.2) is 0 Å². The molecule has 0 amide bonds. The molecule has 60 valence electrons. The summed E-state index contributed by atoms with van der Waals surface area (Å²) in [6.45, 7) is 0.744. The van der Waals surface area contributed by atoms with E-state index in [4.69, 9.17) is 0 Å². The average molecular weight is 153 g/mol. The standard InChI is InChI=1S/C6H10F3N/c1-10-3-2-5(4-10)6(7,8)9/h5H,2-4H2,1H3/t5-/m1/s1. The zero-order chi connectivity index (χ0) is 7.78. The van der Waals surface area contributed by atoms with E-state index in [0.29, 0.717) is 6.54 Å². The first kappa shape index (κ1) is 7.85. The largest absolute Gasteiger partial charge is 0.393 e. The fourth-order valence-electron chi connectivity index (χ4n) is 1.20. The summed E-state index contributed by atoms with van der Waals surface area (Å²) in [5.74, 6) is -1.09. The maximum atomic E-state index is 11.9. The summed E-state index contributed by atoms with van der Waals surface area (Å²) in [6.07, 6.45) is -3.72. The van der Waals surface area contributed by atoms with Gasteiger partial charge in [0.2, 0.25) is 0 Å². The first-order chi connectivity index (χ1) is 4.50. The monoisotopic (exact) mass is 153 g/mol. The zero-order valence-electron chi connectivity index (χ0n) is 5.78. The summed E-state index contributed by atoms with van der Waals surface area (Å²) in [5.41, 5.74) is 0. The van der Waals surface area contributed by atoms with Crippen LogP contribution in [0.5, 0.6) is 0 Å². The van der Waals surface area contributed by atoms with Gasteiger partial charge in [-0.2, -0.15) is 13.2 Å². The number of halogens is 3. The summed E-state index contributed by atoms with van der Waals surface area (Å²) in [5, 5.41) is 0. The maximum absolute atomic E-state index is 11.9. The molecule has 1 rings (SSSR count). The van der Waals surface area contributed by atoms with Crippen LogP contribution in [0.3, 0.4) is 0 Å². The SMILES string of the molecule is CN1CC[C@@H](C(F)(F)F)C1. The third kappa shape index (κ3) is 1.62.